The lowest BCUT2D eigenvalue weighted by Gasteiger charge is -2.33. The van der Waals surface area contributed by atoms with Crippen LogP contribution in [0.1, 0.15) is 50.7 Å². The van der Waals surface area contributed by atoms with E-state index in [2.05, 4.69) is 20.9 Å². The normalized spacial score (nSPS) is 19.6. The second-order valence-electron chi connectivity index (χ2n) is 12.9. The van der Waals surface area contributed by atoms with Gasteiger partial charge in [0.25, 0.3) is 0 Å². The van der Waals surface area contributed by atoms with Gasteiger partial charge in [-0.2, -0.15) is 0 Å². The summed E-state index contributed by atoms with van der Waals surface area (Å²) in [6.45, 7) is 5.23. The molecule has 10 nitrogen and oxygen atoms in total. The fourth-order valence-corrected chi connectivity index (χ4v) is 6.68. The van der Waals surface area contributed by atoms with Gasteiger partial charge in [-0.25, -0.2) is 14.0 Å². The number of H-pyrrole nitrogens is 1. The minimum absolute atomic E-state index is 0.0610. The van der Waals surface area contributed by atoms with Crippen molar-refractivity contribution >= 4 is 34.7 Å². The molecule has 2 bridgehead atoms. The lowest BCUT2D eigenvalue weighted by atomic mass is 9.99. The molecular weight excluding hydrogens is 577 g/mol. The molecule has 4 amide bonds. The first-order valence-corrected chi connectivity index (χ1v) is 15.7. The number of fused-ring (bicyclic) bond motifs is 3. The number of rotatable bonds is 12. The molecule has 1 aliphatic heterocycles. The third-order valence-corrected chi connectivity index (χ3v) is 8.94. The highest BCUT2D eigenvalue weighted by Crippen LogP contribution is 2.36. The summed E-state index contributed by atoms with van der Waals surface area (Å²) in [5.74, 6) is -2.11. The lowest BCUT2D eigenvalue weighted by molar-refractivity contribution is -0.142. The Balaban J connectivity index is 1.35. The van der Waals surface area contributed by atoms with Gasteiger partial charge in [-0.05, 0) is 66.7 Å². The van der Waals surface area contributed by atoms with Crippen LogP contribution >= 0.6 is 0 Å². The van der Waals surface area contributed by atoms with E-state index in [0.29, 0.717) is 31.3 Å². The van der Waals surface area contributed by atoms with E-state index in [1.807, 2.05) is 38.1 Å². The number of carbonyl (C=O) groups excluding carboxylic acids is 3. The van der Waals surface area contributed by atoms with Gasteiger partial charge >= 0.3 is 12.0 Å². The molecule has 5 N–H and O–H groups in total. The van der Waals surface area contributed by atoms with Crippen molar-refractivity contribution in [2.24, 2.45) is 17.8 Å². The van der Waals surface area contributed by atoms with Gasteiger partial charge in [0.1, 0.15) is 23.9 Å². The molecule has 2 aromatic carbocycles. The minimum atomic E-state index is -1.43. The number of carbonyl (C=O) groups is 4. The number of urea groups is 1. The molecule has 45 heavy (non-hydrogen) atoms. The molecule has 2 aliphatic rings. The smallest absolute Gasteiger partial charge is 0.326 e. The zero-order chi connectivity index (χ0) is 32.1. The van der Waals surface area contributed by atoms with E-state index in [0.717, 1.165) is 35.7 Å². The highest BCUT2D eigenvalue weighted by Gasteiger charge is 2.37. The molecule has 3 aromatic rings. The van der Waals surface area contributed by atoms with Gasteiger partial charge in [0, 0.05) is 43.0 Å². The molecule has 1 saturated carbocycles. The molecule has 240 valence electrons. The van der Waals surface area contributed by atoms with Crippen LogP contribution in [-0.4, -0.2) is 70.0 Å². The number of aromatic amines is 1. The number of hydrogen-bond acceptors (Lipinski definition) is 4. The van der Waals surface area contributed by atoms with Crippen LogP contribution in [0.15, 0.2) is 54.7 Å². The fraction of sp³-hybridized carbons (Fsp3) is 0.471. The van der Waals surface area contributed by atoms with E-state index in [1.54, 1.807) is 17.2 Å². The summed E-state index contributed by atoms with van der Waals surface area (Å²) in [6, 6.07) is 9.53. The van der Waals surface area contributed by atoms with E-state index < -0.39 is 41.7 Å². The van der Waals surface area contributed by atoms with Crippen molar-refractivity contribution in [3.05, 3.63) is 71.7 Å². The summed E-state index contributed by atoms with van der Waals surface area (Å²) in [7, 11) is 0. The monoisotopic (exact) mass is 619 g/mol. The van der Waals surface area contributed by atoms with E-state index in [4.69, 9.17) is 0 Å². The van der Waals surface area contributed by atoms with E-state index in [1.165, 1.54) is 18.2 Å². The molecule has 0 radical (unpaired) electrons. The Kier molecular flexibility index (Phi) is 10.0. The van der Waals surface area contributed by atoms with Gasteiger partial charge in [-0.3, -0.25) is 9.59 Å². The summed E-state index contributed by atoms with van der Waals surface area (Å²) in [6.07, 6.45) is 5.26. The Morgan fingerprint density at radius 2 is 1.49 bits per heavy atom. The lowest BCUT2D eigenvalue weighted by Crippen LogP contribution is -2.58. The van der Waals surface area contributed by atoms with Crippen molar-refractivity contribution in [1.82, 2.24) is 25.8 Å². The molecule has 0 spiro atoms. The number of nitrogens with zero attached hydrogens (tertiary/aromatic N) is 1. The average molecular weight is 620 g/mol. The fourth-order valence-electron chi connectivity index (χ4n) is 6.68. The van der Waals surface area contributed by atoms with Crippen molar-refractivity contribution in [2.45, 2.75) is 70.5 Å². The first kappa shape index (κ1) is 32.0. The maximum absolute atomic E-state index is 14.4. The van der Waals surface area contributed by atoms with Crippen molar-refractivity contribution < 1.29 is 28.7 Å². The van der Waals surface area contributed by atoms with Gasteiger partial charge in [0.2, 0.25) is 11.8 Å². The second-order valence-corrected chi connectivity index (χ2v) is 12.9. The molecule has 2 fully saturated rings. The largest absolute Gasteiger partial charge is 0.480 e. The van der Waals surface area contributed by atoms with Crippen LogP contribution in [0.4, 0.5) is 9.18 Å². The molecule has 1 aliphatic carbocycles. The molecule has 1 aromatic heterocycles. The number of carboxylic acid groups (broad SMARTS) is 1. The summed E-state index contributed by atoms with van der Waals surface area (Å²) < 4.78 is 14.4. The van der Waals surface area contributed by atoms with Crippen LogP contribution in [0.25, 0.3) is 10.9 Å². The van der Waals surface area contributed by atoms with Crippen molar-refractivity contribution in [3.63, 3.8) is 0 Å². The number of amides is 4. The van der Waals surface area contributed by atoms with Gasteiger partial charge in [0.05, 0.1) is 0 Å². The number of piperidine rings is 1. The van der Waals surface area contributed by atoms with Crippen LogP contribution in [-0.2, 0) is 27.2 Å². The van der Waals surface area contributed by atoms with Crippen molar-refractivity contribution in [3.8, 4) is 0 Å². The van der Waals surface area contributed by atoms with Crippen LogP contribution < -0.4 is 16.0 Å². The highest BCUT2D eigenvalue weighted by atomic mass is 19.1. The molecule has 5 rings (SSSR count). The number of aliphatic carboxylic acids is 1. The molecule has 11 heteroatoms. The topological polar surface area (TPSA) is 144 Å². The van der Waals surface area contributed by atoms with Gasteiger partial charge in [0.15, 0.2) is 0 Å². The minimum Gasteiger partial charge on any atom is -0.480 e. The summed E-state index contributed by atoms with van der Waals surface area (Å²) in [4.78, 5) is 58.0. The Morgan fingerprint density at radius 3 is 2.18 bits per heavy atom. The second kappa shape index (κ2) is 14.1. The SMILES string of the molecule is CC(C)C[C@H](NC(=O)N1C[C@@H]2CC[C@@H](C2)C1)C(=O)N[C@H](Cc1c[nH]c2ccccc12)C(=O)N[C@H](Cc1ccccc1F)C(=O)O. The van der Waals surface area contributed by atoms with Crippen LogP contribution in [0.5, 0.6) is 0 Å². The van der Waals surface area contributed by atoms with Crippen LogP contribution in [0.3, 0.4) is 0 Å². The number of likely N-dealkylation sites (tertiary alicyclic amines) is 1. The average Bonchev–Trinajstić information content (AvgIpc) is 3.57. The number of hydrogen-bond donors (Lipinski definition) is 5. The zero-order valence-electron chi connectivity index (χ0n) is 25.7. The third kappa shape index (κ3) is 8.01. The van der Waals surface area contributed by atoms with Crippen molar-refractivity contribution in [2.75, 3.05) is 13.1 Å². The first-order valence-electron chi connectivity index (χ1n) is 15.7. The molecular formula is C34H42FN5O5. The molecule has 5 atom stereocenters. The Morgan fingerprint density at radius 1 is 0.867 bits per heavy atom. The Bertz CT molecular complexity index is 1530. The summed E-state index contributed by atoms with van der Waals surface area (Å²) in [5.41, 5.74) is 1.75. The predicted octanol–water partition coefficient (Wildman–Crippen LogP) is 4.00. The van der Waals surface area contributed by atoms with Gasteiger partial charge in [-0.15, -0.1) is 0 Å². The number of halogens is 1. The number of benzene rings is 2. The van der Waals surface area contributed by atoms with Crippen molar-refractivity contribution in [1.29, 1.82) is 0 Å². The standard InChI is InChI=1S/C34H42FN5O5/c1-20(2)13-28(39-34(45)40-18-21-11-12-22(14-21)19-40)31(41)37-29(16-24-17-36-27-10-6-4-8-25(24)27)32(42)38-30(33(43)44)15-23-7-3-5-9-26(23)35/h3-10,17,20-22,28-30,36H,11-16,18-19H2,1-2H3,(H,37,41)(H,38,42)(H,39,45)(H,43,44)/t21-,22+,28-,29+,30+/m0/s1. The summed E-state index contributed by atoms with van der Waals surface area (Å²) >= 11 is 0. The van der Waals surface area contributed by atoms with E-state index in [-0.39, 0.29) is 30.4 Å². The first-order chi connectivity index (χ1) is 21.6. The predicted molar refractivity (Wildman–Crippen MR) is 168 cm³/mol. The van der Waals surface area contributed by atoms with Crippen LogP contribution in [0.2, 0.25) is 0 Å². The number of aromatic nitrogens is 1. The van der Waals surface area contributed by atoms with E-state index in [9.17, 15) is 28.7 Å². The quantitative estimate of drug-likeness (QED) is 0.208. The number of carboxylic acids is 1. The van der Waals surface area contributed by atoms with Gasteiger partial charge < -0.3 is 30.9 Å². The number of nitrogens with one attached hydrogen (secondary N) is 4. The maximum atomic E-state index is 14.4. The third-order valence-electron chi connectivity index (χ3n) is 8.94. The Hall–Kier alpha value is -4.41. The number of para-hydroxylation sites is 1. The molecule has 0 unspecified atom stereocenters. The molecule has 2 heterocycles. The highest BCUT2D eigenvalue weighted by molar-refractivity contribution is 5.94. The van der Waals surface area contributed by atoms with Gasteiger partial charge in [-0.1, -0.05) is 50.2 Å². The van der Waals surface area contributed by atoms with Crippen LogP contribution in [0, 0.1) is 23.6 Å². The zero-order valence-corrected chi connectivity index (χ0v) is 25.7. The summed E-state index contributed by atoms with van der Waals surface area (Å²) in [5, 5.41) is 19.0. The van der Waals surface area contributed by atoms with E-state index >= 15 is 0 Å². The Labute approximate surface area is 262 Å². The molecule has 1 saturated heterocycles. The maximum Gasteiger partial charge on any atom is 0.326 e.